The Morgan fingerprint density at radius 1 is 0.796 bits per heavy atom. The molecule has 5 atom stereocenters. The predicted octanol–water partition coefficient (Wildman–Crippen LogP) is 4.96. The van der Waals surface area contributed by atoms with Crippen LogP contribution >= 0.6 is 0 Å². The smallest absolute Gasteiger partial charge is 0.253 e. The van der Waals surface area contributed by atoms with Crippen molar-refractivity contribution < 1.29 is 29.0 Å². The van der Waals surface area contributed by atoms with Crippen molar-refractivity contribution >= 4 is 34.8 Å². The summed E-state index contributed by atoms with van der Waals surface area (Å²) in [4.78, 5) is 51.7. The number of hydrogen-bond donors (Lipinski definition) is 1. The van der Waals surface area contributed by atoms with E-state index in [-0.39, 0.29) is 24.3 Å². The molecule has 2 aromatic carbocycles. The first-order chi connectivity index (χ1) is 23.7. The van der Waals surface area contributed by atoms with Crippen LogP contribution in [0.5, 0.6) is 5.75 Å². The molecule has 0 bridgehead atoms. The average Bonchev–Trinajstić information content (AvgIpc) is 3.36. The summed E-state index contributed by atoms with van der Waals surface area (Å²) in [5.74, 6) is -1.66. The largest absolute Gasteiger partial charge is 0.494 e. The quantitative estimate of drug-likeness (QED) is 0.238. The highest BCUT2D eigenvalue weighted by atomic mass is 16.5. The van der Waals surface area contributed by atoms with E-state index in [9.17, 15) is 19.5 Å². The van der Waals surface area contributed by atoms with Gasteiger partial charge < -0.3 is 34.2 Å². The number of nitrogens with zero attached hydrogens (tertiary/aromatic N) is 4. The molecule has 6 rings (SSSR count). The van der Waals surface area contributed by atoms with Gasteiger partial charge >= 0.3 is 0 Å². The van der Waals surface area contributed by atoms with Crippen molar-refractivity contribution in [1.29, 1.82) is 0 Å². The van der Waals surface area contributed by atoms with Crippen molar-refractivity contribution in [1.82, 2.24) is 4.90 Å². The third-order valence-corrected chi connectivity index (χ3v) is 10.6. The minimum Gasteiger partial charge on any atom is -0.494 e. The standard InChI is InChI=1S/C39H50N4O6/c1-5-40(6-2)28-14-16-29(17-15-28)42-26-13-23-39-33(36(46)43(34(39)37(42)47)24-10-8-9-11-27-44)32-35(45)41(25-12-22-38(32,4)49-39)30-18-20-31(21-19-30)48-7-3/h12-23,32-34,44H,5-11,24-27H2,1-4H3/t32-,33+,34?,38+,39+/m1/s1. The number of rotatable bonds is 13. The highest BCUT2D eigenvalue weighted by Crippen LogP contribution is 2.57. The number of amides is 3. The lowest BCUT2D eigenvalue weighted by atomic mass is 9.74. The second kappa shape index (κ2) is 14.4. The minimum absolute atomic E-state index is 0.121. The van der Waals surface area contributed by atoms with Crippen LogP contribution < -0.4 is 19.4 Å². The molecule has 10 heteroatoms. The minimum atomic E-state index is -1.32. The van der Waals surface area contributed by atoms with Crippen molar-refractivity contribution in [3.63, 3.8) is 0 Å². The summed E-state index contributed by atoms with van der Waals surface area (Å²) in [5, 5.41) is 9.29. The molecule has 4 heterocycles. The number of benzene rings is 2. The SMILES string of the molecule is CCOc1ccc(N2CC=C[C@]3(C)O[C@]45C=CCN(c6ccc(N(CC)CC)cc6)C(=O)C4N(CCCCCCO)C(=O)[C@@H]5[C@@H]3C2=O)cc1. The number of aliphatic hydroxyl groups excluding tert-OH is 1. The van der Waals surface area contributed by atoms with Crippen molar-refractivity contribution in [3.05, 3.63) is 72.8 Å². The molecule has 3 amide bonds. The number of likely N-dealkylation sites (tertiary alicyclic amines) is 1. The summed E-state index contributed by atoms with van der Waals surface area (Å²) in [6, 6.07) is 14.5. The lowest BCUT2D eigenvalue weighted by Gasteiger charge is -2.37. The predicted molar refractivity (Wildman–Crippen MR) is 191 cm³/mol. The Morgan fingerprint density at radius 2 is 1.41 bits per heavy atom. The lowest BCUT2D eigenvalue weighted by Crippen LogP contribution is -2.56. The van der Waals surface area contributed by atoms with Crippen molar-refractivity contribution in [2.45, 2.75) is 70.6 Å². The van der Waals surface area contributed by atoms with Gasteiger partial charge in [0.1, 0.15) is 17.4 Å². The van der Waals surface area contributed by atoms with Gasteiger partial charge in [-0.1, -0.05) is 37.1 Å². The van der Waals surface area contributed by atoms with Crippen LogP contribution in [0.3, 0.4) is 0 Å². The average molecular weight is 671 g/mol. The highest BCUT2D eigenvalue weighted by Gasteiger charge is 2.74. The number of ether oxygens (including phenoxy) is 2. The fourth-order valence-electron chi connectivity index (χ4n) is 8.29. The number of anilines is 3. The number of aliphatic hydroxyl groups is 1. The number of carbonyl (C=O) groups excluding carboxylic acids is 3. The van der Waals surface area contributed by atoms with Crippen LogP contribution in [-0.2, 0) is 19.1 Å². The fourth-order valence-corrected chi connectivity index (χ4v) is 8.29. The molecule has 0 radical (unpaired) electrons. The molecule has 0 saturated carbocycles. The number of unbranched alkanes of at least 4 members (excludes halogenated alkanes) is 3. The molecule has 10 nitrogen and oxygen atoms in total. The summed E-state index contributed by atoms with van der Waals surface area (Å²) in [5.41, 5.74) is 0.110. The Hall–Kier alpha value is -4.15. The zero-order valence-corrected chi connectivity index (χ0v) is 29.2. The molecule has 0 aromatic heterocycles. The second-order valence-corrected chi connectivity index (χ2v) is 13.5. The van der Waals surface area contributed by atoms with Crippen molar-refractivity contribution in [3.8, 4) is 5.75 Å². The van der Waals surface area contributed by atoms with Gasteiger partial charge in [-0.15, -0.1) is 0 Å². The van der Waals surface area contributed by atoms with Crippen LogP contribution in [-0.4, -0.2) is 90.9 Å². The van der Waals surface area contributed by atoms with Gasteiger partial charge in [0, 0.05) is 56.4 Å². The lowest BCUT2D eigenvalue weighted by molar-refractivity contribution is -0.144. The van der Waals surface area contributed by atoms with E-state index in [0.717, 1.165) is 43.1 Å². The normalized spacial score (nSPS) is 27.6. The molecule has 49 heavy (non-hydrogen) atoms. The molecule has 0 aliphatic carbocycles. The molecule has 1 unspecified atom stereocenters. The van der Waals surface area contributed by atoms with Gasteiger partial charge in [-0.05, 0) is 89.1 Å². The van der Waals surface area contributed by atoms with Gasteiger partial charge in [-0.2, -0.15) is 0 Å². The summed E-state index contributed by atoms with van der Waals surface area (Å²) in [6.45, 7) is 11.5. The Morgan fingerprint density at radius 3 is 2.04 bits per heavy atom. The Balaban J connectivity index is 1.37. The molecule has 1 N–H and O–H groups in total. The van der Waals surface area contributed by atoms with E-state index >= 15 is 0 Å². The molecule has 262 valence electrons. The van der Waals surface area contributed by atoms with E-state index < -0.39 is 29.1 Å². The molecule has 2 fully saturated rings. The maximum Gasteiger partial charge on any atom is 0.253 e. The summed E-state index contributed by atoms with van der Waals surface area (Å²) in [6.07, 6.45) is 10.7. The first-order valence-corrected chi connectivity index (χ1v) is 17.9. The third kappa shape index (κ3) is 6.14. The zero-order valence-electron chi connectivity index (χ0n) is 29.2. The van der Waals surface area contributed by atoms with Crippen LogP contribution in [0, 0.1) is 11.8 Å². The molecule has 2 aromatic rings. The van der Waals surface area contributed by atoms with Crippen molar-refractivity contribution in [2.75, 3.05) is 60.6 Å². The maximum absolute atomic E-state index is 14.9. The first kappa shape index (κ1) is 34.7. The Labute approximate surface area is 289 Å². The summed E-state index contributed by atoms with van der Waals surface area (Å²) >= 11 is 0. The monoisotopic (exact) mass is 670 g/mol. The molecule has 4 aliphatic rings. The first-order valence-electron chi connectivity index (χ1n) is 17.9. The molecular formula is C39H50N4O6. The van der Waals surface area contributed by atoms with Gasteiger partial charge in [0.2, 0.25) is 11.8 Å². The van der Waals surface area contributed by atoms with Crippen LogP contribution in [0.15, 0.2) is 72.8 Å². The van der Waals surface area contributed by atoms with Gasteiger partial charge in [-0.3, -0.25) is 14.4 Å². The molecule has 1 spiro atoms. The summed E-state index contributed by atoms with van der Waals surface area (Å²) in [7, 11) is 0. The van der Waals surface area contributed by atoms with Gasteiger partial charge in [0.25, 0.3) is 5.91 Å². The van der Waals surface area contributed by atoms with E-state index in [1.165, 1.54) is 0 Å². The van der Waals surface area contributed by atoms with E-state index in [1.807, 2.05) is 86.7 Å². The maximum atomic E-state index is 14.9. The van der Waals surface area contributed by atoms with Crippen molar-refractivity contribution in [2.24, 2.45) is 11.8 Å². The molecule has 4 aliphatic heterocycles. The van der Waals surface area contributed by atoms with E-state index in [0.29, 0.717) is 44.8 Å². The van der Waals surface area contributed by atoms with E-state index in [1.54, 1.807) is 14.7 Å². The van der Waals surface area contributed by atoms with Crippen LogP contribution in [0.4, 0.5) is 17.1 Å². The number of carbonyl (C=O) groups is 3. The second-order valence-electron chi connectivity index (χ2n) is 13.5. The number of fused-ring (bicyclic) bond motifs is 2. The van der Waals surface area contributed by atoms with E-state index in [2.05, 4.69) is 18.7 Å². The molecule has 2 saturated heterocycles. The Bertz CT molecular complexity index is 1570. The number of hydrogen-bond acceptors (Lipinski definition) is 7. The van der Waals surface area contributed by atoms with E-state index in [4.69, 9.17) is 9.47 Å². The van der Waals surface area contributed by atoms with Crippen LogP contribution in [0.2, 0.25) is 0 Å². The topological polar surface area (TPSA) is 103 Å². The van der Waals surface area contributed by atoms with Gasteiger partial charge in [0.05, 0.1) is 24.0 Å². The van der Waals surface area contributed by atoms with Crippen LogP contribution in [0.1, 0.15) is 53.4 Å². The third-order valence-electron chi connectivity index (χ3n) is 10.6. The van der Waals surface area contributed by atoms with Gasteiger partial charge in [0.15, 0.2) is 0 Å². The highest BCUT2D eigenvalue weighted by molar-refractivity contribution is 6.07. The fraction of sp³-hybridized carbons (Fsp3) is 0.513. The Kier molecular flexibility index (Phi) is 10.2. The summed E-state index contributed by atoms with van der Waals surface area (Å²) < 4.78 is 12.6. The zero-order chi connectivity index (χ0) is 34.8. The van der Waals surface area contributed by atoms with Crippen LogP contribution in [0.25, 0.3) is 0 Å². The molecular weight excluding hydrogens is 620 g/mol. The van der Waals surface area contributed by atoms with Gasteiger partial charge in [-0.25, -0.2) is 0 Å².